The van der Waals surface area contributed by atoms with Crippen molar-refractivity contribution in [3.8, 4) is 0 Å². The first kappa shape index (κ1) is 23.5. The highest BCUT2D eigenvalue weighted by molar-refractivity contribution is 9.11. The van der Waals surface area contributed by atoms with Gasteiger partial charge >= 0.3 is 0 Å². The molecule has 0 fully saturated rings. The van der Waals surface area contributed by atoms with Gasteiger partial charge in [0.2, 0.25) is 0 Å². The number of carbonyl (C=O) groups excluding carboxylic acids is 1. The van der Waals surface area contributed by atoms with Crippen LogP contribution in [0.15, 0.2) is 46.3 Å². The molecule has 2 N–H and O–H groups in total. The quantitative estimate of drug-likeness (QED) is 0.284. The lowest BCUT2D eigenvalue weighted by Gasteiger charge is -2.16. The smallest absolute Gasteiger partial charge is 0.277 e. The lowest BCUT2D eigenvalue weighted by molar-refractivity contribution is 0.0375. The van der Waals surface area contributed by atoms with Crippen LogP contribution < -0.4 is 10.8 Å². The van der Waals surface area contributed by atoms with Gasteiger partial charge in [-0.3, -0.25) is 9.63 Å². The third-order valence-corrected chi connectivity index (χ3v) is 4.83. The van der Waals surface area contributed by atoms with E-state index in [0.717, 1.165) is 4.48 Å². The number of allylic oxidation sites excluding steroid dienone is 4. The van der Waals surface area contributed by atoms with Crippen molar-refractivity contribution < 1.29 is 14.0 Å². The average Bonchev–Trinajstić information content (AvgIpc) is 3.04. The van der Waals surface area contributed by atoms with Crippen LogP contribution in [0.25, 0.3) is 11.0 Å². The highest BCUT2D eigenvalue weighted by atomic mass is 79.9. The molecule has 2 rings (SSSR count). The third kappa shape index (κ3) is 6.08. The third-order valence-electron chi connectivity index (χ3n) is 3.79. The van der Waals surface area contributed by atoms with Gasteiger partial charge in [0, 0.05) is 12.8 Å². The topological polar surface area (TPSA) is 68.2 Å². The molecule has 0 spiro atoms. The number of aromatic nitrogens is 2. The van der Waals surface area contributed by atoms with E-state index in [1.54, 1.807) is 41.6 Å². The molecule has 6 nitrogen and oxygen atoms in total. The summed E-state index contributed by atoms with van der Waals surface area (Å²) in [5.41, 5.74) is 3.25. The van der Waals surface area contributed by atoms with E-state index < -0.39 is 11.7 Å². The van der Waals surface area contributed by atoms with E-state index >= 15 is 4.39 Å². The van der Waals surface area contributed by atoms with Crippen molar-refractivity contribution in [1.29, 1.82) is 0 Å². The summed E-state index contributed by atoms with van der Waals surface area (Å²) >= 11 is 11.0. The van der Waals surface area contributed by atoms with Crippen molar-refractivity contribution in [2.75, 3.05) is 23.9 Å². The fraction of sp³-hybridized carbons (Fsp3) is 0.263. The summed E-state index contributed by atoms with van der Waals surface area (Å²) in [6, 6.07) is 1.54. The fourth-order valence-corrected chi connectivity index (χ4v) is 2.85. The summed E-state index contributed by atoms with van der Waals surface area (Å²) in [4.78, 5) is 22.0. The van der Waals surface area contributed by atoms with E-state index in [2.05, 4.69) is 38.3 Å². The average molecular weight is 504 g/mol. The molecule has 10 heteroatoms. The maximum Gasteiger partial charge on any atom is 0.277 e. The number of halogens is 3. The van der Waals surface area contributed by atoms with Gasteiger partial charge in [0.1, 0.15) is 5.52 Å². The molecule has 29 heavy (non-hydrogen) atoms. The van der Waals surface area contributed by atoms with E-state index in [0.29, 0.717) is 23.6 Å². The Bertz CT molecular complexity index is 986. The van der Waals surface area contributed by atoms with Gasteiger partial charge in [-0.1, -0.05) is 40.2 Å². The number of hydrogen-bond donors (Lipinski definition) is 2. The molecule has 0 saturated heterocycles. The van der Waals surface area contributed by atoms with Crippen LogP contribution in [0.5, 0.6) is 0 Å². The molecule has 1 heterocycles. The number of hydrogen-bond acceptors (Lipinski definition) is 5. The first-order valence-electron chi connectivity index (χ1n) is 8.46. The zero-order chi connectivity index (χ0) is 21.6. The normalized spacial score (nSPS) is 12.3. The number of thioether (sulfide) groups is 1. The minimum Gasteiger partial charge on any atom is -0.351 e. The minimum absolute atomic E-state index is 0.0473. The number of aryl methyl sites for hydroxylation is 1. The monoisotopic (exact) mass is 502 g/mol. The number of amides is 1. The molecule has 1 aromatic heterocycles. The van der Waals surface area contributed by atoms with E-state index in [-0.39, 0.29) is 21.8 Å². The van der Waals surface area contributed by atoms with Gasteiger partial charge in [0.25, 0.3) is 5.91 Å². The fourth-order valence-electron chi connectivity index (χ4n) is 2.36. The molecule has 0 bridgehead atoms. The van der Waals surface area contributed by atoms with Crippen LogP contribution in [-0.2, 0) is 11.9 Å². The van der Waals surface area contributed by atoms with Gasteiger partial charge in [-0.25, -0.2) is 14.9 Å². The van der Waals surface area contributed by atoms with Crippen molar-refractivity contribution in [2.24, 2.45) is 7.05 Å². The number of rotatable bonds is 9. The second-order valence-electron chi connectivity index (χ2n) is 5.97. The van der Waals surface area contributed by atoms with Crippen LogP contribution in [0, 0.1) is 5.82 Å². The Hall–Kier alpha value is -1.81. The molecule has 0 unspecified atom stereocenters. The molecular formula is C19H21BrClFN4O2S. The summed E-state index contributed by atoms with van der Waals surface area (Å²) in [6.45, 7) is 5.84. The molecule has 1 amide bonds. The summed E-state index contributed by atoms with van der Waals surface area (Å²) in [6.07, 6.45) is 6.74. The zero-order valence-electron chi connectivity index (χ0n) is 16.2. The lowest BCUT2D eigenvalue weighted by atomic mass is 10.1. The number of carbonyl (C=O) groups is 1. The Labute approximate surface area is 186 Å². The first-order chi connectivity index (χ1) is 13.8. The molecule has 0 atom stereocenters. The Morgan fingerprint density at radius 2 is 2.24 bits per heavy atom. The van der Waals surface area contributed by atoms with Crippen molar-refractivity contribution >= 4 is 61.9 Å². The largest absolute Gasteiger partial charge is 0.351 e. The van der Waals surface area contributed by atoms with E-state index in [9.17, 15) is 4.79 Å². The number of benzene rings is 1. The van der Waals surface area contributed by atoms with Gasteiger partial charge in [-0.2, -0.15) is 11.8 Å². The lowest BCUT2D eigenvalue weighted by Crippen LogP contribution is -2.26. The number of nitrogens with one attached hydrogen (secondary N) is 2. The first-order valence-corrected chi connectivity index (χ1v) is 11.0. The summed E-state index contributed by atoms with van der Waals surface area (Å²) in [7, 11) is 1.72. The summed E-state index contributed by atoms with van der Waals surface area (Å²) < 4.78 is 17.7. The SMILES string of the molecule is C=C(Cl)/C(=C\C=C(/C)Br)Nc1c(C(=O)NOCCSC)cc2c(ncn2C)c1F. The molecule has 0 aliphatic carbocycles. The maximum atomic E-state index is 15.3. The van der Waals surface area contributed by atoms with Crippen molar-refractivity contribution in [1.82, 2.24) is 15.0 Å². The second-order valence-corrected chi connectivity index (χ2v) is 8.67. The Morgan fingerprint density at radius 1 is 1.52 bits per heavy atom. The van der Waals surface area contributed by atoms with Crippen LogP contribution in [0.2, 0.25) is 0 Å². The van der Waals surface area contributed by atoms with Crippen LogP contribution in [0.3, 0.4) is 0 Å². The van der Waals surface area contributed by atoms with E-state index in [1.807, 2.05) is 13.2 Å². The minimum atomic E-state index is -0.680. The van der Waals surface area contributed by atoms with Gasteiger partial charge in [-0.05, 0) is 29.8 Å². The highest BCUT2D eigenvalue weighted by Gasteiger charge is 2.22. The standard InChI is InChI=1S/C19H21BrClFN4O2S/c1-11(20)5-6-14(12(2)21)24-17-13(19(27)25-28-7-8-29-4)9-15-18(16(17)22)23-10-26(15)3/h5-6,9-10,24H,2,7-8H2,1,3-4H3,(H,25,27)/b11-5+,14-6+. The van der Waals surface area contributed by atoms with Gasteiger partial charge in [0.05, 0.1) is 40.4 Å². The molecule has 156 valence electrons. The molecule has 0 radical (unpaired) electrons. The van der Waals surface area contributed by atoms with Gasteiger partial charge < -0.3 is 9.88 Å². The molecular weight excluding hydrogens is 483 g/mol. The summed E-state index contributed by atoms with van der Waals surface area (Å²) in [5.74, 6) is -0.569. The highest BCUT2D eigenvalue weighted by Crippen LogP contribution is 2.30. The number of imidazole rings is 1. The van der Waals surface area contributed by atoms with Crippen molar-refractivity contribution in [3.05, 3.63) is 57.7 Å². The van der Waals surface area contributed by atoms with Crippen LogP contribution in [-0.4, -0.2) is 34.1 Å². The number of hydroxylamine groups is 1. The second kappa shape index (κ2) is 10.8. The predicted octanol–water partition coefficient (Wildman–Crippen LogP) is 5.08. The molecule has 1 aromatic carbocycles. The van der Waals surface area contributed by atoms with Gasteiger partial charge in [0.15, 0.2) is 5.82 Å². The maximum absolute atomic E-state index is 15.3. The Balaban J connectivity index is 2.51. The number of fused-ring (bicyclic) bond motifs is 1. The van der Waals surface area contributed by atoms with Crippen molar-refractivity contribution in [2.45, 2.75) is 6.92 Å². The van der Waals surface area contributed by atoms with E-state index in [4.69, 9.17) is 16.4 Å². The van der Waals surface area contributed by atoms with Crippen molar-refractivity contribution in [3.63, 3.8) is 0 Å². The summed E-state index contributed by atoms with van der Waals surface area (Å²) in [5, 5.41) is 3.03. The van der Waals surface area contributed by atoms with Crippen LogP contribution >= 0.6 is 39.3 Å². The van der Waals surface area contributed by atoms with Crippen LogP contribution in [0.1, 0.15) is 17.3 Å². The molecule has 0 aliphatic heterocycles. The van der Waals surface area contributed by atoms with Gasteiger partial charge in [-0.15, -0.1) is 0 Å². The molecule has 2 aromatic rings. The molecule has 0 saturated carbocycles. The Kier molecular flexibility index (Phi) is 8.76. The number of nitrogens with zero attached hydrogens (tertiary/aromatic N) is 2. The Morgan fingerprint density at radius 3 is 2.86 bits per heavy atom. The zero-order valence-corrected chi connectivity index (χ0v) is 19.3. The molecule has 0 aliphatic rings. The number of anilines is 1. The predicted molar refractivity (Wildman–Crippen MR) is 122 cm³/mol. The van der Waals surface area contributed by atoms with Crippen LogP contribution in [0.4, 0.5) is 10.1 Å². The van der Waals surface area contributed by atoms with E-state index in [1.165, 1.54) is 6.33 Å².